The first-order valence-electron chi connectivity index (χ1n) is 8.40. The molecule has 128 valence electrons. The zero-order valence-corrected chi connectivity index (χ0v) is 16.5. The van der Waals surface area contributed by atoms with Gasteiger partial charge in [-0.05, 0) is 52.1 Å². The number of fused-ring (bicyclic) bond motifs is 2. The highest BCUT2D eigenvalue weighted by Crippen LogP contribution is 2.53. The summed E-state index contributed by atoms with van der Waals surface area (Å²) in [4.78, 5) is 2.66. The number of benzene rings is 1. The van der Waals surface area contributed by atoms with Gasteiger partial charge in [0.25, 0.3) is 0 Å². The van der Waals surface area contributed by atoms with E-state index in [1.165, 1.54) is 31.4 Å². The lowest BCUT2D eigenvalue weighted by atomic mass is 9.65. The molecule has 1 saturated carbocycles. The third-order valence-corrected chi connectivity index (χ3v) is 6.07. The van der Waals surface area contributed by atoms with Gasteiger partial charge in [-0.1, -0.05) is 20.8 Å². The number of nitrogens with zero attached hydrogens (tertiary/aromatic N) is 1. The maximum Gasteiger partial charge on any atom is 0.136 e. The van der Waals surface area contributed by atoms with Gasteiger partial charge in [0, 0.05) is 30.8 Å². The molecule has 2 fully saturated rings. The first-order chi connectivity index (χ1) is 10.8. The third kappa shape index (κ3) is 3.39. The average molecular weight is 382 g/mol. The van der Waals surface area contributed by atoms with E-state index in [1.54, 1.807) is 14.2 Å². The largest absolute Gasteiger partial charge is 0.496 e. The molecule has 0 spiro atoms. The second kappa shape index (κ2) is 5.96. The number of hydrogen-bond donors (Lipinski definition) is 0. The number of methoxy groups -OCH3 is 2. The van der Waals surface area contributed by atoms with Crippen molar-refractivity contribution in [2.75, 3.05) is 20.8 Å². The van der Waals surface area contributed by atoms with Crippen molar-refractivity contribution < 1.29 is 9.47 Å². The highest BCUT2D eigenvalue weighted by Gasteiger charge is 2.49. The molecule has 1 aliphatic carbocycles. The van der Waals surface area contributed by atoms with Crippen LogP contribution in [0.1, 0.15) is 45.6 Å². The van der Waals surface area contributed by atoms with Gasteiger partial charge in [-0.3, -0.25) is 4.90 Å². The summed E-state index contributed by atoms with van der Waals surface area (Å²) in [7, 11) is 3.42. The van der Waals surface area contributed by atoms with Crippen LogP contribution in [0.2, 0.25) is 0 Å². The minimum atomic E-state index is 0.455. The molecule has 1 heterocycles. The van der Waals surface area contributed by atoms with Gasteiger partial charge in [0.05, 0.1) is 18.7 Å². The maximum absolute atomic E-state index is 5.60. The fraction of sp³-hybridized carbons (Fsp3) is 0.684. The van der Waals surface area contributed by atoms with E-state index in [-0.39, 0.29) is 0 Å². The lowest BCUT2D eigenvalue weighted by Gasteiger charge is -2.40. The lowest BCUT2D eigenvalue weighted by molar-refractivity contribution is 0.126. The number of likely N-dealkylation sites (tertiary alicyclic amines) is 1. The fourth-order valence-corrected chi connectivity index (χ4v) is 5.58. The highest BCUT2D eigenvalue weighted by molar-refractivity contribution is 9.10. The second-order valence-electron chi connectivity index (χ2n) is 8.42. The Hall–Kier alpha value is -0.740. The Morgan fingerprint density at radius 2 is 1.83 bits per heavy atom. The van der Waals surface area contributed by atoms with Gasteiger partial charge in [0.15, 0.2) is 0 Å². The summed E-state index contributed by atoms with van der Waals surface area (Å²) in [6.45, 7) is 9.44. The van der Waals surface area contributed by atoms with Crippen LogP contribution in [0, 0.1) is 10.8 Å². The minimum absolute atomic E-state index is 0.455. The molecule has 4 heteroatoms. The monoisotopic (exact) mass is 381 g/mol. The summed E-state index contributed by atoms with van der Waals surface area (Å²) in [6.07, 6.45) is 3.95. The Morgan fingerprint density at radius 3 is 2.48 bits per heavy atom. The van der Waals surface area contributed by atoms with E-state index in [2.05, 4.69) is 47.7 Å². The fourth-order valence-electron chi connectivity index (χ4n) is 5.03. The molecule has 3 nitrogen and oxygen atoms in total. The quantitative estimate of drug-likeness (QED) is 0.742. The molecule has 0 radical (unpaired) electrons. The van der Waals surface area contributed by atoms with Crippen molar-refractivity contribution in [1.29, 1.82) is 0 Å². The molecule has 3 rings (SSSR count). The van der Waals surface area contributed by atoms with Crippen LogP contribution >= 0.6 is 15.9 Å². The molecule has 2 bridgehead atoms. The van der Waals surface area contributed by atoms with Crippen LogP contribution in [-0.2, 0) is 6.54 Å². The van der Waals surface area contributed by atoms with Gasteiger partial charge >= 0.3 is 0 Å². The molecule has 1 aliphatic heterocycles. The normalized spacial score (nSPS) is 29.6. The Morgan fingerprint density at radius 1 is 1.13 bits per heavy atom. The Labute approximate surface area is 148 Å². The summed E-state index contributed by atoms with van der Waals surface area (Å²) in [5, 5.41) is 0. The van der Waals surface area contributed by atoms with Gasteiger partial charge in [0.2, 0.25) is 0 Å². The standard InChI is InChI=1S/C19H28BrNO2/c1-18(2)8-14-9-19(3,11-18)12-21(14)10-13-6-15(20)17(23-5)7-16(13)22-4/h6-7,14H,8-12H2,1-5H3/t14-,19+/m0/s1. The summed E-state index contributed by atoms with van der Waals surface area (Å²) in [6, 6.07) is 4.81. The van der Waals surface area contributed by atoms with E-state index in [1.807, 2.05) is 6.07 Å². The number of hydrogen-bond acceptors (Lipinski definition) is 3. The first kappa shape index (κ1) is 17.1. The molecular formula is C19H28BrNO2. The van der Waals surface area contributed by atoms with Gasteiger partial charge in [-0.25, -0.2) is 0 Å². The molecule has 1 aromatic carbocycles. The Kier molecular flexibility index (Phi) is 4.43. The van der Waals surface area contributed by atoms with Crippen molar-refractivity contribution in [3.63, 3.8) is 0 Å². The maximum atomic E-state index is 5.60. The summed E-state index contributed by atoms with van der Waals surface area (Å²) < 4.78 is 12.0. The van der Waals surface area contributed by atoms with Crippen LogP contribution in [0.4, 0.5) is 0 Å². The smallest absolute Gasteiger partial charge is 0.136 e. The molecular weight excluding hydrogens is 354 g/mol. The molecule has 0 aromatic heterocycles. The van der Waals surface area contributed by atoms with E-state index in [0.717, 1.165) is 22.5 Å². The van der Waals surface area contributed by atoms with Crippen molar-refractivity contribution in [3.05, 3.63) is 22.2 Å². The van der Waals surface area contributed by atoms with Crippen molar-refractivity contribution in [2.24, 2.45) is 10.8 Å². The lowest BCUT2D eigenvalue weighted by Crippen LogP contribution is -2.34. The zero-order valence-electron chi connectivity index (χ0n) is 14.9. The number of ether oxygens (including phenoxy) is 2. The van der Waals surface area contributed by atoms with Gasteiger partial charge in [-0.15, -0.1) is 0 Å². The zero-order chi connectivity index (χ0) is 16.8. The Balaban J connectivity index is 1.84. The minimum Gasteiger partial charge on any atom is -0.496 e. The number of rotatable bonds is 4. The van der Waals surface area contributed by atoms with Crippen LogP contribution in [0.3, 0.4) is 0 Å². The highest BCUT2D eigenvalue weighted by atomic mass is 79.9. The van der Waals surface area contributed by atoms with Crippen molar-refractivity contribution >= 4 is 15.9 Å². The molecule has 2 atom stereocenters. The van der Waals surface area contributed by atoms with Gasteiger partial charge < -0.3 is 9.47 Å². The molecule has 1 aromatic rings. The molecule has 0 unspecified atom stereocenters. The van der Waals surface area contributed by atoms with Crippen molar-refractivity contribution in [1.82, 2.24) is 4.90 Å². The SMILES string of the molecule is COc1cc(OC)c(CN2C[C@]3(C)C[C@@H]2CC(C)(C)C3)cc1Br. The first-order valence-corrected chi connectivity index (χ1v) is 9.19. The molecule has 23 heavy (non-hydrogen) atoms. The molecule has 1 saturated heterocycles. The van der Waals surface area contributed by atoms with Crippen LogP contribution in [0.5, 0.6) is 11.5 Å². The molecule has 2 aliphatic rings. The average Bonchev–Trinajstić information content (AvgIpc) is 2.67. The van der Waals surface area contributed by atoms with Crippen molar-refractivity contribution in [2.45, 2.75) is 52.6 Å². The van der Waals surface area contributed by atoms with E-state index in [0.29, 0.717) is 16.9 Å². The topological polar surface area (TPSA) is 21.7 Å². The van der Waals surface area contributed by atoms with Crippen LogP contribution in [0.25, 0.3) is 0 Å². The second-order valence-corrected chi connectivity index (χ2v) is 9.27. The summed E-state index contributed by atoms with van der Waals surface area (Å²) in [5.41, 5.74) is 2.15. The van der Waals surface area contributed by atoms with Crippen LogP contribution in [-0.4, -0.2) is 31.7 Å². The summed E-state index contributed by atoms with van der Waals surface area (Å²) >= 11 is 3.61. The third-order valence-electron chi connectivity index (χ3n) is 5.45. The van der Waals surface area contributed by atoms with Crippen LogP contribution in [0.15, 0.2) is 16.6 Å². The van der Waals surface area contributed by atoms with E-state index >= 15 is 0 Å². The van der Waals surface area contributed by atoms with E-state index in [9.17, 15) is 0 Å². The molecule has 0 amide bonds. The number of halogens is 1. The summed E-state index contributed by atoms with van der Waals surface area (Å²) in [5.74, 6) is 1.73. The van der Waals surface area contributed by atoms with Crippen LogP contribution < -0.4 is 9.47 Å². The predicted molar refractivity (Wildman–Crippen MR) is 97.2 cm³/mol. The Bertz CT molecular complexity index is 601. The molecule has 0 N–H and O–H groups in total. The van der Waals surface area contributed by atoms with Gasteiger partial charge in [0.1, 0.15) is 11.5 Å². The van der Waals surface area contributed by atoms with Crippen molar-refractivity contribution in [3.8, 4) is 11.5 Å². The van der Waals surface area contributed by atoms with E-state index in [4.69, 9.17) is 9.47 Å². The predicted octanol–water partition coefficient (Wildman–Crippen LogP) is 4.87. The van der Waals surface area contributed by atoms with E-state index < -0.39 is 0 Å². The van der Waals surface area contributed by atoms with Gasteiger partial charge in [-0.2, -0.15) is 0 Å².